The molecule has 1 aromatic heterocycles. The van der Waals surface area contributed by atoms with E-state index < -0.39 is 0 Å². The number of aliphatic imine (C=N–C) groups is 1. The van der Waals surface area contributed by atoms with Crippen molar-refractivity contribution in [3.8, 4) is 10.6 Å². The third-order valence-electron chi connectivity index (χ3n) is 2.47. The lowest BCUT2D eigenvalue weighted by Crippen LogP contribution is -1.85. The predicted molar refractivity (Wildman–Crippen MR) is 83.6 cm³/mol. The van der Waals surface area contributed by atoms with Gasteiger partial charge in [0.05, 0.1) is 12.2 Å². The van der Waals surface area contributed by atoms with Crippen LogP contribution in [-0.2, 0) is 5.75 Å². The van der Waals surface area contributed by atoms with E-state index in [-0.39, 0.29) is 0 Å². The molecule has 1 aliphatic rings. The summed E-state index contributed by atoms with van der Waals surface area (Å²) in [4.78, 5) is 9.11. The summed E-state index contributed by atoms with van der Waals surface area (Å²) < 4.78 is 1.21. The first-order valence-corrected chi connectivity index (χ1v) is 8.57. The normalized spacial score (nSPS) is 14.8. The molecule has 0 fully saturated rings. The molecule has 1 aromatic carbocycles. The van der Waals surface area contributed by atoms with E-state index >= 15 is 0 Å². The molecular weight excluding hydrogens is 280 g/mol. The molecule has 5 heteroatoms. The summed E-state index contributed by atoms with van der Waals surface area (Å²) in [5, 5.41) is 3.25. The summed E-state index contributed by atoms with van der Waals surface area (Å²) in [6.45, 7) is 0.972. The number of hydrogen-bond donors (Lipinski definition) is 0. The third kappa shape index (κ3) is 2.96. The van der Waals surface area contributed by atoms with Crippen LogP contribution in [0.4, 0.5) is 0 Å². The van der Waals surface area contributed by atoms with Crippen molar-refractivity contribution in [3.63, 3.8) is 0 Å². The second kappa shape index (κ2) is 5.91. The van der Waals surface area contributed by atoms with Crippen molar-refractivity contribution in [3.05, 3.63) is 41.4 Å². The van der Waals surface area contributed by atoms with Gasteiger partial charge in [-0.15, -0.1) is 11.3 Å². The predicted octanol–water partition coefficient (Wildman–Crippen LogP) is 4.15. The second-order valence-corrected chi connectivity index (χ2v) is 6.96. The largest absolute Gasteiger partial charge is 0.271 e. The summed E-state index contributed by atoms with van der Waals surface area (Å²) in [6, 6.07) is 10.3. The van der Waals surface area contributed by atoms with Crippen LogP contribution in [0, 0.1) is 0 Å². The van der Waals surface area contributed by atoms with Gasteiger partial charge < -0.3 is 0 Å². The van der Waals surface area contributed by atoms with E-state index in [0.717, 1.165) is 28.8 Å². The summed E-state index contributed by atoms with van der Waals surface area (Å²) in [7, 11) is 0. The molecule has 0 amide bonds. The van der Waals surface area contributed by atoms with Crippen LogP contribution < -0.4 is 0 Å². The molecule has 3 rings (SSSR count). The maximum Gasteiger partial charge on any atom is 0.125 e. The molecule has 0 saturated carbocycles. The van der Waals surface area contributed by atoms with E-state index in [1.54, 1.807) is 23.1 Å². The number of thiazole rings is 1. The first-order chi connectivity index (χ1) is 8.92. The number of aromatic nitrogens is 1. The second-order valence-electron chi connectivity index (χ2n) is 3.79. The molecule has 0 aliphatic carbocycles. The van der Waals surface area contributed by atoms with E-state index in [1.165, 1.54) is 9.94 Å². The van der Waals surface area contributed by atoms with Crippen molar-refractivity contribution in [1.82, 2.24) is 4.98 Å². The average molecular weight is 292 g/mol. The van der Waals surface area contributed by atoms with Crippen molar-refractivity contribution in [2.24, 2.45) is 4.99 Å². The van der Waals surface area contributed by atoms with Gasteiger partial charge in [-0.25, -0.2) is 4.98 Å². The fourth-order valence-corrected chi connectivity index (χ4v) is 4.46. The van der Waals surface area contributed by atoms with Gasteiger partial charge in [0.2, 0.25) is 0 Å². The highest BCUT2D eigenvalue weighted by Gasteiger charge is 2.09. The molecule has 1 aliphatic heterocycles. The highest BCUT2D eigenvalue weighted by molar-refractivity contribution is 8.38. The fraction of sp³-hybridized carbons (Fsp3) is 0.231. The molecule has 0 atom stereocenters. The van der Waals surface area contributed by atoms with E-state index in [4.69, 9.17) is 0 Å². The van der Waals surface area contributed by atoms with Crippen molar-refractivity contribution in [2.75, 3.05) is 12.3 Å². The number of nitrogens with zero attached hydrogens (tertiary/aromatic N) is 2. The Morgan fingerprint density at radius 2 is 2.11 bits per heavy atom. The van der Waals surface area contributed by atoms with Crippen LogP contribution in [0.1, 0.15) is 5.69 Å². The Labute approximate surface area is 119 Å². The third-order valence-corrected chi connectivity index (χ3v) is 5.70. The molecule has 2 nitrogen and oxygen atoms in total. The van der Waals surface area contributed by atoms with Crippen LogP contribution in [0.15, 0.2) is 40.7 Å². The Kier molecular flexibility index (Phi) is 4.02. The lowest BCUT2D eigenvalue weighted by molar-refractivity contribution is 1.18. The number of rotatable bonds is 3. The SMILES string of the molecule is c1ccc(-c2nc(CSC3=NCCS3)cs2)cc1. The summed E-state index contributed by atoms with van der Waals surface area (Å²) in [5.41, 5.74) is 2.35. The van der Waals surface area contributed by atoms with Crippen LogP contribution in [0.25, 0.3) is 10.6 Å². The molecule has 18 heavy (non-hydrogen) atoms. The minimum atomic E-state index is 0.926. The van der Waals surface area contributed by atoms with Crippen molar-refractivity contribution < 1.29 is 0 Å². The minimum Gasteiger partial charge on any atom is -0.271 e. The van der Waals surface area contributed by atoms with Crippen molar-refractivity contribution >= 4 is 39.2 Å². The number of benzene rings is 1. The lowest BCUT2D eigenvalue weighted by atomic mass is 10.2. The zero-order valence-electron chi connectivity index (χ0n) is 9.70. The van der Waals surface area contributed by atoms with E-state index in [0.29, 0.717) is 0 Å². The van der Waals surface area contributed by atoms with Gasteiger partial charge in [-0.05, 0) is 0 Å². The fourth-order valence-electron chi connectivity index (χ4n) is 1.63. The van der Waals surface area contributed by atoms with Crippen LogP contribution >= 0.6 is 34.9 Å². The first-order valence-electron chi connectivity index (χ1n) is 5.72. The van der Waals surface area contributed by atoms with Gasteiger partial charge >= 0.3 is 0 Å². The summed E-state index contributed by atoms with van der Waals surface area (Å²) in [6.07, 6.45) is 0. The molecule has 2 heterocycles. The van der Waals surface area contributed by atoms with Crippen LogP contribution in [0.5, 0.6) is 0 Å². The molecule has 2 aromatic rings. The Morgan fingerprint density at radius 1 is 1.22 bits per heavy atom. The lowest BCUT2D eigenvalue weighted by Gasteiger charge is -1.97. The van der Waals surface area contributed by atoms with Crippen molar-refractivity contribution in [2.45, 2.75) is 5.75 Å². The van der Waals surface area contributed by atoms with Gasteiger partial charge in [0.25, 0.3) is 0 Å². The first kappa shape index (κ1) is 12.3. The molecular formula is C13H12N2S3. The monoisotopic (exact) mass is 292 g/mol. The average Bonchev–Trinajstić information content (AvgIpc) is 3.09. The van der Waals surface area contributed by atoms with Crippen molar-refractivity contribution in [1.29, 1.82) is 0 Å². The van der Waals surface area contributed by atoms with E-state index in [2.05, 4.69) is 39.6 Å². The molecule has 0 spiro atoms. The van der Waals surface area contributed by atoms with Gasteiger partial charge in [0, 0.05) is 22.4 Å². The number of thioether (sulfide) groups is 2. The Balaban J connectivity index is 1.66. The van der Waals surface area contributed by atoms with Gasteiger partial charge in [0.15, 0.2) is 0 Å². The topological polar surface area (TPSA) is 25.2 Å². The zero-order valence-corrected chi connectivity index (χ0v) is 12.2. The van der Waals surface area contributed by atoms with E-state index in [9.17, 15) is 0 Å². The van der Waals surface area contributed by atoms with Crippen LogP contribution in [0.2, 0.25) is 0 Å². The summed E-state index contributed by atoms with van der Waals surface area (Å²) >= 11 is 5.37. The molecule has 92 valence electrons. The Hall–Kier alpha value is -0.780. The molecule has 0 saturated heterocycles. The maximum atomic E-state index is 4.67. The van der Waals surface area contributed by atoms with Crippen LogP contribution in [-0.4, -0.2) is 21.7 Å². The molecule has 0 unspecified atom stereocenters. The molecule has 0 radical (unpaired) electrons. The standard InChI is InChI=1S/C13H12N2S3/c1-2-4-10(5-3-1)12-15-11(8-17-12)9-18-13-14-6-7-16-13/h1-5,8H,6-7,9H2. The highest BCUT2D eigenvalue weighted by Crippen LogP contribution is 2.28. The van der Waals surface area contributed by atoms with E-state index in [1.807, 2.05) is 17.8 Å². The quantitative estimate of drug-likeness (QED) is 0.850. The smallest absolute Gasteiger partial charge is 0.125 e. The molecule has 0 N–H and O–H groups in total. The highest BCUT2D eigenvalue weighted by atomic mass is 32.2. The van der Waals surface area contributed by atoms with Crippen LogP contribution in [0.3, 0.4) is 0 Å². The van der Waals surface area contributed by atoms with Gasteiger partial charge in [-0.2, -0.15) is 0 Å². The Morgan fingerprint density at radius 3 is 2.89 bits per heavy atom. The maximum absolute atomic E-state index is 4.67. The molecule has 0 bridgehead atoms. The van der Waals surface area contributed by atoms with Gasteiger partial charge in [-0.1, -0.05) is 53.9 Å². The van der Waals surface area contributed by atoms with Gasteiger partial charge in [0.1, 0.15) is 9.38 Å². The van der Waals surface area contributed by atoms with Gasteiger partial charge in [-0.3, -0.25) is 4.99 Å². The number of hydrogen-bond acceptors (Lipinski definition) is 5. The zero-order chi connectivity index (χ0) is 12.2. The Bertz CT molecular complexity index is 548. The minimum absolute atomic E-state index is 0.926. The summed E-state index contributed by atoms with van der Waals surface area (Å²) in [5.74, 6) is 2.06.